The summed E-state index contributed by atoms with van der Waals surface area (Å²) < 4.78 is 5.29. The van der Waals surface area contributed by atoms with Gasteiger partial charge in [0.1, 0.15) is 11.1 Å². The molecule has 1 heterocycles. The molecule has 1 spiro atoms. The topological polar surface area (TPSA) is 87.7 Å². The summed E-state index contributed by atoms with van der Waals surface area (Å²) in [5.41, 5.74) is -0.792. The highest BCUT2D eigenvalue weighted by Crippen LogP contribution is 2.38. The second-order valence-corrected chi connectivity index (χ2v) is 9.18. The quantitative estimate of drug-likeness (QED) is 0.723. The molecule has 4 amide bonds. The molecule has 1 saturated heterocycles. The number of imide groups is 1. The number of halogens is 1. The van der Waals surface area contributed by atoms with E-state index in [1.54, 1.807) is 39.0 Å². The molecule has 0 bridgehead atoms. The maximum absolute atomic E-state index is 13.3. The minimum atomic E-state index is -0.983. The van der Waals surface area contributed by atoms with Crippen molar-refractivity contribution in [3.8, 4) is 0 Å². The van der Waals surface area contributed by atoms with Crippen LogP contribution in [0.2, 0.25) is 5.02 Å². The molecule has 29 heavy (non-hydrogen) atoms. The molecule has 0 unspecified atom stereocenters. The third kappa shape index (κ3) is 4.83. The fourth-order valence-electron chi connectivity index (χ4n) is 4.09. The second kappa shape index (κ2) is 8.22. The lowest BCUT2D eigenvalue weighted by Crippen LogP contribution is -2.57. The van der Waals surface area contributed by atoms with Crippen LogP contribution in [0.4, 0.5) is 9.59 Å². The van der Waals surface area contributed by atoms with E-state index in [0.29, 0.717) is 11.4 Å². The number of hydrogen-bond donors (Lipinski definition) is 2. The summed E-state index contributed by atoms with van der Waals surface area (Å²) in [5, 5.41) is 6.26. The van der Waals surface area contributed by atoms with Crippen LogP contribution in [-0.2, 0) is 16.1 Å². The van der Waals surface area contributed by atoms with Gasteiger partial charge in [0.05, 0.1) is 6.54 Å². The van der Waals surface area contributed by atoms with Crippen LogP contribution >= 0.6 is 11.6 Å². The Kier molecular flexibility index (Phi) is 6.08. The Morgan fingerprint density at radius 1 is 1.34 bits per heavy atom. The van der Waals surface area contributed by atoms with Gasteiger partial charge >= 0.3 is 12.1 Å². The molecule has 3 rings (SSSR count). The lowest BCUT2D eigenvalue weighted by Gasteiger charge is -2.39. The number of nitrogens with zero attached hydrogens (tertiary/aromatic N) is 1. The first kappa shape index (κ1) is 21.4. The molecule has 1 aromatic carbocycles. The summed E-state index contributed by atoms with van der Waals surface area (Å²) in [6.45, 7) is 5.82. The SMILES string of the molecule is CC(C)(C)OC(=O)NC[C@@H]1CCCC[C@]12NC(=O)N(Cc1cccc(Cl)c1)C2=O. The number of urea groups is 1. The number of rotatable bonds is 4. The third-order valence-corrected chi connectivity index (χ3v) is 5.63. The van der Waals surface area contributed by atoms with Crippen molar-refractivity contribution in [3.05, 3.63) is 34.9 Å². The molecule has 1 saturated carbocycles. The lowest BCUT2D eigenvalue weighted by atomic mass is 9.72. The van der Waals surface area contributed by atoms with Crippen molar-refractivity contribution in [2.75, 3.05) is 6.54 Å². The van der Waals surface area contributed by atoms with Crippen molar-refractivity contribution in [3.63, 3.8) is 0 Å². The maximum Gasteiger partial charge on any atom is 0.407 e. The van der Waals surface area contributed by atoms with Gasteiger partial charge in [0.2, 0.25) is 0 Å². The normalized spacial score (nSPS) is 24.6. The summed E-state index contributed by atoms with van der Waals surface area (Å²) in [5.74, 6) is -0.428. The van der Waals surface area contributed by atoms with Crippen LogP contribution in [0.1, 0.15) is 52.0 Å². The standard InChI is InChI=1S/C21H28ClN3O4/c1-20(2,3)29-19(28)23-12-15-8-4-5-10-21(15)17(26)25(18(27)24-21)13-14-7-6-9-16(22)11-14/h6-7,9,11,15H,4-5,8,10,12-13H2,1-3H3,(H,23,28)(H,24,27)/t15-,21-/m0/s1. The third-order valence-electron chi connectivity index (χ3n) is 5.39. The van der Waals surface area contributed by atoms with Gasteiger partial charge in [-0.15, -0.1) is 0 Å². The van der Waals surface area contributed by atoms with E-state index in [0.717, 1.165) is 24.8 Å². The molecule has 2 atom stereocenters. The van der Waals surface area contributed by atoms with Crippen LogP contribution in [0.15, 0.2) is 24.3 Å². The number of hydrogen-bond acceptors (Lipinski definition) is 4. The summed E-state index contributed by atoms with van der Waals surface area (Å²) in [4.78, 5) is 39.3. The van der Waals surface area contributed by atoms with E-state index in [9.17, 15) is 14.4 Å². The average Bonchev–Trinajstić information content (AvgIpc) is 2.84. The van der Waals surface area contributed by atoms with Gasteiger partial charge in [-0.2, -0.15) is 0 Å². The molecule has 2 aliphatic rings. The number of carbonyl (C=O) groups is 3. The zero-order valence-corrected chi connectivity index (χ0v) is 17.8. The molecular weight excluding hydrogens is 394 g/mol. The van der Waals surface area contributed by atoms with Gasteiger partial charge in [0.15, 0.2) is 0 Å². The van der Waals surface area contributed by atoms with Gasteiger partial charge in [0.25, 0.3) is 5.91 Å². The summed E-state index contributed by atoms with van der Waals surface area (Å²) in [6, 6.07) is 6.71. The molecule has 158 valence electrons. The zero-order chi connectivity index (χ0) is 21.2. The molecule has 2 N–H and O–H groups in total. The van der Waals surface area contributed by atoms with Crippen molar-refractivity contribution in [1.29, 1.82) is 0 Å². The van der Waals surface area contributed by atoms with Gasteiger partial charge in [-0.3, -0.25) is 9.69 Å². The number of ether oxygens (including phenoxy) is 1. The average molecular weight is 422 g/mol. The smallest absolute Gasteiger partial charge is 0.407 e. The van der Waals surface area contributed by atoms with Crippen molar-refractivity contribution < 1.29 is 19.1 Å². The molecule has 1 aliphatic carbocycles. The first-order chi connectivity index (χ1) is 13.6. The number of carbonyl (C=O) groups excluding carboxylic acids is 3. The Hall–Kier alpha value is -2.28. The molecular formula is C21H28ClN3O4. The van der Waals surface area contributed by atoms with Crippen LogP contribution in [0.3, 0.4) is 0 Å². The Bertz CT molecular complexity index is 807. The van der Waals surface area contributed by atoms with E-state index >= 15 is 0 Å². The molecule has 1 aromatic rings. The minimum absolute atomic E-state index is 0.166. The molecule has 1 aliphatic heterocycles. The van der Waals surface area contributed by atoms with E-state index < -0.39 is 23.3 Å². The Balaban J connectivity index is 1.73. The van der Waals surface area contributed by atoms with Crippen LogP contribution in [0, 0.1) is 5.92 Å². The van der Waals surface area contributed by atoms with E-state index in [2.05, 4.69) is 10.6 Å². The summed E-state index contributed by atoms with van der Waals surface area (Å²) >= 11 is 6.03. The van der Waals surface area contributed by atoms with Crippen LogP contribution in [-0.4, -0.2) is 40.6 Å². The number of nitrogens with one attached hydrogen (secondary N) is 2. The number of benzene rings is 1. The first-order valence-electron chi connectivity index (χ1n) is 9.96. The fraction of sp³-hybridized carbons (Fsp3) is 0.571. The van der Waals surface area contributed by atoms with Crippen molar-refractivity contribution in [2.24, 2.45) is 5.92 Å². The van der Waals surface area contributed by atoms with Crippen molar-refractivity contribution in [2.45, 2.75) is 64.1 Å². The minimum Gasteiger partial charge on any atom is -0.444 e. The molecule has 2 fully saturated rings. The van der Waals surface area contributed by atoms with Gasteiger partial charge in [-0.25, -0.2) is 9.59 Å². The van der Waals surface area contributed by atoms with Crippen LogP contribution in [0.5, 0.6) is 0 Å². The monoisotopic (exact) mass is 421 g/mol. The predicted molar refractivity (Wildman–Crippen MR) is 109 cm³/mol. The highest BCUT2D eigenvalue weighted by atomic mass is 35.5. The number of alkyl carbamates (subject to hydrolysis) is 1. The Labute approximate surface area is 176 Å². The van der Waals surface area contributed by atoms with Crippen LogP contribution < -0.4 is 10.6 Å². The molecule has 0 aromatic heterocycles. The largest absolute Gasteiger partial charge is 0.444 e. The van der Waals surface area contributed by atoms with E-state index in [4.69, 9.17) is 16.3 Å². The van der Waals surface area contributed by atoms with E-state index in [1.165, 1.54) is 4.90 Å². The highest BCUT2D eigenvalue weighted by molar-refractivity contribution is 6.30. The molecule has 7 nitrogen and oxygen atoms in total. The number of amides is 4. The van der Waals surface area contributed by atoms with E-state index in [1.807, 2.05) is 6.07 Å². The van der Waals surface area contributed by atoms with Gasteiger partial charge in [-0.05, 0) is 51.3 Å². The molecule has 0 radical (unpaired) electrons. The van der Waals surface area contributed by atoms with Gasteiger partial charge in [0, 0.05) is 17.5 Å². The maximum atomic E-state index is 13.3. The van der Waals surface area contributed by atoms with Gasteiger partial charge < -0.3 is 15.4 Å². The van der Waals surface area contributed by atoms with Crippen LogP contribution in [0.25, 0.3) is 0 Å². The fourth-order valence-corrected chi connectivity index (χ4v) is 4.31. The molecule has 8 heteroatoms. The van der Waals surface area contributed by atoms with E-state index in [-0.39, 0.29) is 24.9 Å². The summed E-state index contributed by atoms with van der Waals surface area (Å²) in [7, 11) is 0. The van der Waals surface area contributed by atoms with Gasteiger partial charge in [-0.1, -0.05) is 36.6 Å². The first-order valence-corrected chi connectivity index (χ1v) is 10.3. The Morgan fingerprint density at radius 2 is 2.10 bits per heavy atom. The van der Waals surface area contributed by atoms with Crippen molar-refractivity contribution >= 4 is 29.6 Å². The Morgan fingerprint density at radius 3 is 2.79 bits per heavy atom. The summed E-state index contributed by atoms with van der Waals surface area (Å²) in [6.07, 6.45) is 2.57. The second-order valence-electron chi connectivity index (χ2n) is 8.75. The highest BCUT2D eigenvalue weighted by Gasteiger charge is 2.56. The van der Waals surface area contributed by atoms with Crippen molar-refractivity contribution in [1.82, 2.24) is 15.5 Å². The predicted octanol–water partition coefficient (Wildman–Crippen LogP) is 3.85. The zero-order valence-electron chi connectivity index (χ0n) is 17.1. The lowest BCUT2D eigenvalue weighted by molar-refractivity contribution is -0.134.